The smallest absolute Gasteiger partial charge is 0.253 e. The topological polar surface area (TPSA) is 63.6 Å². The number of aryl methyl sites for hydroxylation is 3. The molecular weight excluding hydrogens is 451 g/mol. The zero-order chi connectivity index (χ0) is 26.7. The van der Waals surface area contributed by atoms with Crippen molar-refractivity contribution in [2.24, 2.45) is 17.8 Å². The van der Waals surface area contributed by atoms with Crippen LogP contribution in [0.15, 0.2) is 77.6 Å². The number of fused-ring (bicyclic) bond motifs is 1. The van der Waals surface area contributed by atoms with E-state index in [1.54, 1.807) is 13.1 Å². The average molecular weight is 487 g/mol. The van der Waals surface area contributed by atoms with E-state index in [0.29, 0.717) is 17.7 Å². The summed E-state index contributed by atoms with van der Waals surface area (Å²) in [5.41, 5.74) is 14.1. The Morgan fingerprint density at radius 1 is 1.17 bits per heavy atom. The maximum atomic E-state index is 14.7. The fraction of sp³-hybridized carbons (Fsp3) is 0.267. The lowest BCUT2D eigenvalue weighted by atomic mass is 10.0. The zero-order valence-electron chi connectivity index (χ0n) is 22.1. The Labute approximate surface area is 213 Å². The standard InChI is InChI=1S/C30H35FN4O/c1-18(2)22(6)33-28-10-9-23(11-19(28)3)13-25(32)12-20(4)30(36)35(8)17-24-14-26-21(5)16-34(7)29(26)15-27(24)31/h9-12,14-16H,1,4,13,17,32H2,2-3,5-8H3/b25-12-,33-22+. The number of aliphatic imine (C=N–C) groups is 1. The zero-order valence-corrected chi connectivity index (χ0v) is 22.1. The first-order valence-corrected chi connectivity index (χ1v) is 11.8. The van der Waals surface area contributed by atoms with Crippen LogP contribution in [0.1, 0.15) is 36.1 Å². The van der Waals surface area contributed by atoms with Gasteiger partial charge in [0.15, 0.2) is 0 Å². The molecule has 36 heavy (non-hydrogen) atoms. The SMILES string of the molecule is C=C(/C=C(\N)Cc1ccc(/N=C(\C)C(=C)C)c(C)c1)C(=O)N(C)Cc1cc2c(C)cn(C)c2cc1F. The van der Waals surface area contributed by atoms with Crippen molar-refractivity contribution < 1.29 is 9.18 Å². The molecule has 2 aromatic carbocycles. The maximum absolute atomic E-state index is 14.7. The highest BCUT2D eigenvalue weighted by Crippen LogP contribution is 2.25. The number of hydrogen-bond acceptors (Lipinski definition) is 3. The fourth-order valence-electron chi connectivity index (χ4n) is 4.14. The van der Waals surface area contributed by atoms with E-state index >= 15 is 0 Å². The number of carbonyl (C=O) groups excluding carboxylic acids is 1. The number of halogens is 1. The van der Waals surface area contributed by atoms with Crippen molar-refractivity contribution in [1.82, 2.24) is 9.47 Å². The highest BCUT2D eigenvalue weighted by Gasteiger charge is 2.16. The van der Waals surface area contributed by atoms with Crippen molar-refractivity contribution in [2.45, 2.75) is 40.7 Å². The summed E-state index contributed by atoms with van der Waals surface area (Å²) in [5.74, 6) is -0.649. The number of rotatable bonds is 8. The van der Waals surface area contributed by atoms with E-state index in [-0.39, 0.29) is 23.8 Å². The molecule has 3 rings (SSSR count). The Kier molecular flexibility index (Phi) is 7.98. The summed E-state index contributed by atoms with van der Waals surface area (Å²) < 4.78 is 16.6. The molecule has 0 fully saturated rings. The number of allylic oxidation sites excluding steroid dienone is 2. The molecule has 3 aromatic rings. The highest BCUT2D eigenvalue weighted by molar-refractivity contribution is 5.99. The quantitative estimate of drug-likeness (QED) is 0.234. The lowest BCUT2D eigenvalue weighted by molar-refractivity contribution is -0.126. The van der Waals surface area contributed by atoms with Gasteiger partial charge in [0.1, 0.15) is 5.82 Å². The molecule has 2 N–H and O–H groups in total. The van der Waals surface area contributed by atoms with Gasteiger partial charge in [-0.2, -0.15) is 0 Å². The van der Waals surface area contributed by atoms with Crippen molar-refractivity contribution in [1.29, 1.82) is 0 Å². The molecule has 0 unspecified atom stereocenters. The molecule has 5 nitrogen and oxygen atoms in total. The number of nitrogens with two attached hydrogens (primary N) is 1. The first-order valence-electron chi connectivity index (χ1n) is 11.8. The van der Waals surface area contributed by atoms with Crippen LogP contribution in [0, 0.1) is 19.7 Å². The summed E-state index contributed by atoms with van der Waals surface area (Å²) in [6, 6.07) is 9.29. The number of benzene rings is 2. The maximum Gasteiger partial charge on any atom is 0.253 e. The third-order valence-corrected chi connectivity index (χ3v) is 6.32. The second-order valence-corrected chi connectivity index (χ2v) is 9.56. The monoisotopic (exact) mass is 486 g/mol. The Bertz CT molecular complexity index is 1420. The minimum absolute atomic E-state index is 0.131. The van der Waals surface area contributed by atoms with Crippen molar-refractivity contribution in [2.75, 3.05) is 7.05 Å². The van der Waals surface area contributed by atoms with Crippen LogP contribution < -0.4 is 5.73 Å². The largest absolute Gasteiger partial charge is 0.402 e. The van der Waals surface area contributed by atoms with Crippen molar-refractivity contribution in [3.8, 4) is 0 Å². The van der Waals surface area contributed by atoms with E-state index < -0.39 is 0 Å². The predicted molar refractivity (Wildman–Crippen MR) is 148 cm³/mol. The van der Waals surface area contributed by atoms with E-state index in [4.69, 9.17) is 5.73 Å². The molecule has 6 heteroatoms. The van der Waals surface area contributed by atoms with Crippen LogP contribution in [0.25, 0.3) is 10.9 Å². The van der Waals surface area contributed by atoms with Gasteiger partial charge in [-0.25, -0.2) is 4.39 Å². The third-order valence-electron chi connectivity index (χ3n) is 6.32. The Balaban J connectivity index is 1.69. The van der Waals surface area contributed by atoms with Crippen molar-refractivity contribution in [3.63, 3.8) is 0 Å². The summed E-state index contributed by atoms with van der Waals surface area (Å²) in [4.78, 5) is 19.0. The molecule has 0 saturated heterocycles. The molecule has 0 saturated carbocycles. The van der Waals surface area contributed by atoms with E-state index in [1.807, 2.05) is 69.8 Å². The van der Waals surface area contributed by atoms with Gasteiger partial charge in [-0.05, 0) is 74.2 Å². The summed E-state index contributed by atoms with van der Waals surface area (Å²) in [5, 5.41) is 0.972. The summed E-state index contributed by atoms with van der Waals surface area (Å²) in [7, 11) is 3.52. The van der Waals surface area contributed by atoms with Crippen LogP contribution in [0.4, 0.5) is 10.1 Å². The van der Waals surface area contributed by atoms with Gasteiger partial charge in [-0.1, -0.05) is 25.3 Å². The molecule has 0 spiro atoms. The minimum atomic E-state index is -0.342. The van der Waals surface area contributed by atoms with Gasteiger partial charge < -0.3 is 15.2 Å². The molecule has 0 radical (unpaired) electrons. The van der Waals surface area contributed by atoms with Crippen molar-refractivity contribution >= 4 is 28.2 Å². The molecular formula is C30H35FN4O. The van der Waals surface area contributed by atoms with Crippen LogP contribution in [0.3, 0.4) is 0 Å². The summed E-state index contributed by atoms with van der Waals surface area (Å²) in [6.45, 7) is 15.8. The number of nitrogens with zero attached hydrogens (tertiary/aromatic N) is 3. The van der Waals surface area contributed by atoms with Crippen LogP contribution in [0.2, 0.25) is 0 Å². The average Bonchev–Trinajstić information content (AvgIpc) is 3.07. The second kappa shape index (κ2) is 10.8. The third kappa shape index (κ3) is 6.00. The fourth-order valence-corrected chi connectivity index (χ4v) is 4.14. The van der Waals surface area contributed by atoms with Crippen LogP contribution in [-0.4, -0.2) is 28.1 Å². The van der Waals surface area contributed by atoms with E-state index in [0.717, 1.165) is 44.6 Å². The van der Waals surface area contributed by atoms with Gasteiger partial charge in [-0.3, -0.25) is 9.79 Å². The lowest BCUT2D eigenvalue weighted by Crippen LogP contribution is -2.27. The summed E-state index contributed by atoms with van der Waals surface area (Å²) in [6.07, 6.45) is 4.02. The number of amides is 1. The van der Waals surface area contributed by atoms with Crippen molar-refractivity contribution in [3.05, 3.63) is 101 Å². The molecule has 0 aliphatic carbocycles. The molecule has 1 amide bonds. The van der Waals surface area contributed by atoms with Crippen LogP contribution in [-0.2, 0) is 24.8 Å². The number of aromatic nitrogens is 1. The minimum Gasteiger partial charge on any atom is -0.402 e. The van der Waals surface area contributed by atoms with Gasteiger partial charge in [0.2, 0.25) is 0 Å². The molecule has 0 bridgehead atoms. The number of likely N-dealkylation sites (N-methyl/N-ethyl adjacent to an activating group) is 1. The lowest BCUT2D eigenvalue weighted by Gasteiger charge is -2.18. The van der Waals surface area contributed by atoms with Gasteiger partial charge >= 0.3 is 0 Å². The van der Waals surface area contributed by atoms with Gasteiger partial charge in [0.25, 0.3) is 5.91 Å². The van der Waals surface area contributed by atoms with E-state index in [9.17, 15) is 9.18 Å². The summed E-state index contributed by atoms with van der Waals surface area (Å²) >= 11 is 0. The van der Waals surface area contributed by atoms with Crippen LogP contribution >= 0.6 is 0 Å². The van der Waals surface area contributed by atoms with Gasteiger partial charge in [-0.15, -0.1) is 0 Å². The molecule has 1 heterocycles. The molecule has 0 atom stereocenters. The van der Waals surface area contributed by atoms with Gasteiger partial charge in [0, 0.05) is 61.2 Å². The first-order chi connectivity index (χ1) is 16.9. The first kappa shape index (κ1) is 26.7. The van der Waals surface area contributed by atoms with E-state index in [2.05, 4.69) is 18.2 Å². The van der Waals surface area contributed by atoms with Gasteiger partial charge in [0.05, 0.1) is 11.2 Å². The Morgan fingerprint density at radius 3 is 2.50 bits per heavy atom. The second-order valence-electron chi connectivity index (χ2n) is 9.56. The van der Waals surface area contributed by atoms with E-state index in [1.165, 1.54) is 11.0 Å². The normalized spacial score (nSPS) is 12.2. The Morgan fingerprint density at radius 2 is 1.86 bits per heavy atom. The number of hydrogen-bond donors (Lipinski definition) is 1. The molecule has 188 valence electrons. The molecule has 0 aliphatic heterocycles. The Hall–Kier alpha value is -3.93. The predicted octanol–water partition coefficient (Wildman–Crippen LogP) is 6.20. The number of carbonyl (C=O) groups is 1. The molecule has 0 aliphatic rings. The molecule has 1 aromatic heterocycles. The highest BCUT2D eigenvalue weighted by atomic mass is 19.1. The van der Waals surface area contributed by atoms with Crippen LogP contribution in [0.5, 0.6) is 0 Å².